The van der Waals surface area contributed by atoms with E-state index in [4.69, 9.17) is 14.2 Å². The van der Waals surface area contributed by atoms with Crippen molar-refractivity contribution < 1.29 is 14.2 Å². The van der Waals surface area contributed by atoms with Gasteiger partial charge in [-0.05, 0) is 24.3 Å². The lowest BCUT2D eigenvalue weighted by molar-refractivity contribution is 0.174. The first kappa shape index (κ1) is 14.2. The molecule has 1 aliphatic rings. The van der Waals surface area contributed by atoms with Crippen molar-refractivity contribution in [3.8, 4) is 23.3 Å². The maximum absolute atomic E-state index is 9.41. The predicted molar refractivity (Wildman–Crippen MR) is 88.9 cm³/mol. The average Bonchev–Trinajstić information content (AvgIpc) is 3.09. The van der Waals surface area contributed by atoms with Crippen LogP contribution in [0.5, 0.6) is 17.2 Å². The monoisotopic (exact) mass is 319 g/mol. The van der Waals surface area contributed by atoms with Crippen LogP contribution in [0.1, 0.15) is 5.56 Å². The van der Waals surface area contributed by atoms with Crippen molar-refractivity contribution in [1.82, 2.24) is 4.98 Å². The molecule has 1 aromatic heterocycles. The zero-order valence-electron chi connectivity index (χ0n) is 12.9. The number of aromatic nitrogens is 1. The second-order valence-corrected chi connectivity index (χ2v) is 5.23. The number of benzene rings is 2. The third-order valence-electron chi connectivity index (χ3n) is 3.84. The molecule has 0 saturated heterocycles. The van der Waals surface area contributed by atoms with Crippen molar-refractivity contribution in [2.45, 2.75) is 0 Å². The van der Waals surface area contributed by atoms with E-state index >= 15 is 0 Å². The van der Waals surface area contributed by atoms with Crippen LogP contribution in [0.25, 0.3) is 10.9 Å². The smallest absolute Gasteiger partial charge is 0.231 e. The Morgan fingerprint density at radius 2 is 2.04 bits per heavy atom. The molecular formula is C18H13N3O3. The predicted octanol–water partition coefficient (Wildman–Crippen LogP) is 3.59. The van der Waals surface area contributed by atoms with Gasteiger partial charge in [-0.15, -0.1) is 0 Å². The van der Waals surface area contributed by atoms with Gasteiger partial charge >= 0.3 is 0 Å². The van der Waals surface area contributed by atoms with Crippen molar-refractivity contribution in [3.63, 3.8) is 0 Å². The lowest BCUT2D eigenvalue weighted by atomic mass is 10.1. The fraction of sp³-hybridized carbons (Fsp3) is 0.111. The molecule has 1 N–H and O–H groups in total. The summed E-state index contributed by atoms with van der Waals surface area (Å²) in [6.45, 7) is 0.222. The highest BCUT2D eigenvalue weighted by Crippen LogP contribution is 2.37. The molecule has 118 valence electrons. The lowest BCUT2D eigenvalue weighted by Gasteiger charge is -2.12. The zero-order chi connectivity index (χ0) is 16.5. The van der Waals surface area contributed by atoms with Gasteiger partial charge in [0.25, 0.3) is 0 Å². The second kappa shape index (κ2) is 5.63. The summed E-state index contributed by atoms with van der Waals surface area (Å²) in [5.74, 6) is 2.11. The van der Waals surface area contributed by atoms with Gasteiger partial charge in [0.2, 0.25) is 6.79 Å². The van der Waals surface area contributed by atoms with Gasteiger partial charge in [-0.25, -0.2) is 0 Å². The number of nitrogens with one attached hydrogen (secondary N) is 1. The highest BCUT2D eigenvalue weighted by Gasteiger charge is 2.15. The molecule has 6 heteroatoms. The molecule has 0 aliphatic carbocycles. The van der Waals surface area contributed by atoms with Crippen LogP contribution in [0.3, 0.4) is 0 Å². The van der Waals surface area contributed by atoms with Gasteiger partial charge in [-0.2, -0.15) is 5.26 Å². The Hall–Kier alpha value is -3.46. The van der Waals surface area contributed by atoms with Crippen LogP contribution >= 0.6 is 0 Å². The summed E-state index contributed by atoms with van der Waals surface area (Å²) in [5.41, 5.74) is 2.71. The van der Waals surface area contributed by atoms with Gasteiger partial charge < -0.3 is 19.5 Å². The number of pyridine rings is 1. The first-order chi connectivity index (χ1) is 11.8. The minimum absolute atomic E-state index is 0.222. The summed E-state index contributed by atoms with van der Waals surface area (Å²) >= 11 is 0. The number of methoxy groups -OCH3 is 1. The number of anilines is 2. The molecule has 6 nitrogen and oxygen atoms in total. The number of ether oxygens (including phenoxy) is 3. The van der Waals surface area contributed by atoms with Gasteiger partial charge in [-0.3, -0.25) is 4.98 Å². The Labute approximate surface area is 138 Å². The Kier molecular flexibility index (Phi) is 3.32. The van der Waals surface area contributed by atoms with Crippen LogP contribution in [0.2, 0.25) is 0 Å². The molecule has 0 bridgehead atoms. The Morgan fingerprint density at radius 1 is 1.17 bits per heavy atom. The van der Waals surface area contributed by atoms with E-state index in [-0.39, 0.29) is 6.79 Å². The quantitative estimate of drug-likeness (QED) is 0.795. The molecule has 2 heterocycles. The molecule has 0 radical (unpaired) electrons. The highest BCUT2D eigenvalue weighted by molar-refractivity contribution is 5.96. The topological polar surface area (TPSA) is 76.4 Å². The van der Waals surface area contributed by atoms with E-state index in [9.17, 15) is 5.26 Å². The SMILES string of the molecule is COc1ccc2c(Nc3ccc4c(c3)OCO4)c(C#N)cnc2c1. The van der Waals surface area contributed by atoms with Crippen LogP contribution in [0, 0.1) is 11.3 Å². The Morgan fingerprint density at radius 3 is 2.88 bits per heavy atom. The minimum Gasteiger partial charge on any atom is -0.497 e. The van der Waals surface area contributed by atoms with Gasteiger partial charge in [0.15, 0.2) is 11.5 Å². The molecule has 2 aromatic carbocycles. The zero-order valence-corrected chi connectivity index (χ0v) is 12.9. The average molecular weight is 319 g/mol. The fourth-order valence-corrected chi connectivity index (χ4v) is 2.64. The number of rotatable bonds is 3. The molecule has 0 saturated carbocycles. The van der Waals surface area contributed by atoms with Crippen molar-refractivity contribution in [2.24, 2.45) is 0 Å². The summed E-state index contributed by atoms with van der Waals surface area (Å²) in [4.78, 5) is 4.33. The van der Waals surface area contributed by atoms with Crippen LogP contribution in [-0.4, -0.2) is 18.9 Å². The number of fused-ring (bicyclic) bond motifs is 2. The number of nitrogens with zero attached hydrogens (tertiary/aromatic N) is 2. The molecule has 0 spiro atoms. The van der Waals surface area contributed by atoms with E-state index in [1.807, 2.05) is 36.4 Å². The largest absolute Gasteiger partial charge is 0.497 e. The Bertz CT molecular complexity index is 979. The van der Waals surface area contributed by atoms with Crippen LogP contribution in [0.4, 0.5) is 11.4 Å². The van der Waals surface area contributed by atoms with Crippen molar-refractivity contribution in [2.75, 3.05) is 19.2 Å². The first-order valence-corrected chi connectivity index (χ1v) is 7.32. The van der Waals surface area contributed by atoms with E-state index in [1.54, 1.807) is 13.3 Å². The number of hydrogen-bond acceptors (Lipinski definition) is 6. The molecule has 1 aliphatic heterocycles. The maximum atomic E-state index is 9.41. The molecule has 24 heavy (non-hydrogen) atoms. The van der Waals surface area contributed by atoms with E-state index in [0.717, 1.165) is 16.6 Å². The summed E-state index contributed by atoms with van der Waals surface area (Å²) in [5, 5.41) is 13.5. The second-order valence-electron chi connectivity index (χ2n) is 5.23. The maximum Gasteiger partial charge on any atom is 0.231 e. The van der Waals surface area contributed by atoms with Crippen LogP contribution in [0.15, 0.2) is 42.6 Å². The van der Waals surface area contributed by atoms with E-state index < -0.39 is 0 Å². The number of nitriles is 1. The van der Waals surface area contributed by atoms with Gasteiger partial charge in [0, 0.05) is 29.4 Å². The van der Waals surface area contributed by atoms with Gasteiger partial charge in [-0.1, -0.05) is 0 Å². The summed E-state index contributed by atoms with van der Waals surface area (Å²) in [7, 11) is 1.61. The number of hydrogen-bond donors (Lipinski definition) is 1. The first-order valence-electron chi connectivity index (χ1n) is 7.32. The van der Waals surface area contributed by atoms with Crippen molar-refractivity contribution in [1.29, 1.82) is 5.26 Å². The van der Waals surface area contributed by atoms with E-state index in [2.05, 4.69) is 16.4 Å². The summed E-state index contributed by atoms with van der Waals surface area (Å²) < 4.78 is 15.9. The van der Waals surface area contributed by atoms with Crippen molar-refractivity contribution in [3.05, 3.63) is 48.2 Å². The molecule has 0 fully saturated rings. The molecule has 0 unspecified atom stereocenters. The van der Waals surface area contributed by atoms with Crippen molar-refractivity contribution >= 4 is 22.3 Å². The van der Waals surface area contributed by atoms with E-state index in [1.165, 1.54) is 0 Å². The summed E-state index contributed by atoms with van der Waals surface area (Å²) in [6, 6.07) is 13.3. The van der Waals surface area contributed by atoms with Crippen LogP contribution in [-0.2, 0) is 0 Å². The standard InChI is InChI=1S/C18H13N3O3/c1-22-13-3-4-14-15(7-13)20-9-11(8-19)18(14)21-12-2-5-16-17(6-12)24-10-23-16/h2-7,9H,10H2,1H3,(H,20,21). The normalized spacial score (nSPS) is 12.0. The third kappa shape index (κ3) is 2.32. The van der Waals surface area contributed by atoms with Crippen LogP contribution < -0.4 is 19.5 Å². The van der Waals surface area contributed by atoms with E-state index in [0.29, 0.717) is 28.5 Å². The molecular weight excluding hydrogens is 306 g/mol. The van der Waals surface area contributed by atoms with Gasteiger partial charge in [0.05, 0.1) is 23.9 Å². The third-order valence-corrected chi connectivity index (χ3v) is 3.84. The van der Waals surface area contributed by atoms with Gasteiger partial charge in [0.1, 0.15) is 11.8 Å². The minimum atomic E-state index is 0.222. The highest BCUT2D eigenvalue weighted by atomic mass is 16.7. The Balaban J connectivity index is 1.81. The molecule has 3 aromatic rings. The fourth-order valence-electron chi connectivity index (χ4n) is 2.64. The molecule has 0 atom stereocenters. The lowest BCUT2D eigenvalue weighted by Crippen LogP contribution is -1.97. The molecule has 4 rings (SSSR count). The summed E-state index contributed by atoms with van der Waals surface area (Å²) in [6.07, 6.45) is 1.55. The molecule has 0 amide bonds.